The standard InChI is InChI=1S/C24H24FN7O/c25-19-16-27-24(28-17-3-5-18(6-4-17)31-11-13-33-14-12-31)30-23(19)20-7-8-22(21(15-26)29-20)32-9-1-2-10-32/h3-8,16H,1-2,9-14H2,(H,27,28,30). The van der Waals surface area contributed by atoms with E-state index in [1.165, 1.54) is 0 Å². The molecule has 33 heavy (non-hydrogen) atoms. The Morgan fingerprint density at radius 1 is 0.939 bits per heavy atom. The Balaban J connectivity index is 1.36. The summed E-state index contributed by atoms with van der Waals surface area (Å²) in [5.41, 5.74) is 3.34. The van der Waals surface area contributed by atoms with Crippen molar-refractivity contribution in [1.82, 2.24) is 15.0 Å². The minimum Gasteiger partial charge on any atom is -0.378 e. The second-order valence-electron chi connectivity index (χ2n) is 8.03. The lowest BCUT2D eigenvalue weighted by molar-refractivity contribution is 0.122. The van der Waals surface area contributed by atoms with Crippen molar-refractivity contribution in [2.45, 2.75) is 12.8 Å². The Morgan fingerprint density at radius 3 is 2.42 bits per heavy atom. The quantitative estimate of drug-likeness (QED) is 0.635. The van der Waals surface area contributed by atoms with Gasteiger partial charge in [-0.3, -0.25) is 0 Å². The van der Waals surface area contributed by atoms with Crippen LogP contribution in [0.25, 0.3) is 11.4 Å². The Hall–Kier alpha value is -3.77. The van der Waals surface area contributed by atoms with E-state index in [1.807, 2.05) is 30.3 Å². The number of hydrogen-bond acceptors (Lipinski definition) is 8. The second kappa shape index (κ2) is 9.38. The fourth-order valence-corrected chi connectivity index (χ4v) is 4.19. The van der Waals surface area contributed by atoms with Crippen LogP contribution in [0.1, 0.15) is 18.5 Å². The number of benzene rings is 1. The molecular weight excluding hydrogens is 421 g/mol. The fourth-order valence-electron chi connectivity index (χ4n) is 4.19. The smallest absolute Gasteiger partial charge is 0.227 e. The van der Waals surface area contributed by atoms with Crippen LogP contribution in [-0.4, -0.2) is 54.3 Å². The maximum atomic E-state index is 14.6. The first-order valence-corrected chi connectivity index (χ1v) is 11.1. The fraction of sp³-hybridized carbons (Fsp3) is 0.333. The van der Waals surface area contributed by atoms with E-state index in [-0.39, 0.29) is 17.3 Å². The highest BCUT2D eigenvalue weighted by Crippen LogP contribution is 2.28. The van der Waals surface area contributed by atoms with Crippen LogP contribution >= 0.6 is 0 Å². The van der Waals surface area contributed by atoms with Crippen molar-refractivity contribution in [1.29, 1.82) is 5.26 Å². The highest BCUT2D eigenvalue weighted by molar-refractivity contribution is 5.66. The normalized spacial score (nSPS) is 16.0. The lowest BCUT2D eigenvalue weighted by atomic mass is 10.2. The van der Waals surface area contributed by atoms with Gasteiger partial charge < -0.3 is 19.9 Å². The lowest BCUT2D eigenvalue weighted by Gasteiger charge is -2.28. The molecule has 1 aromatic carbocycles. The highest BCUT2D eigenvalue weighted by Gasteiger charge is 2.19. The summed E-state index contributed by atoms with van der Waals surface area (Å²) in [4.78, 5) is 17.2. The molecule has 2 saturated heterocycles. The molecule has 0 aliphatic carbocycles. The molecule has 4 heterocycles. The van der Waals surface area contributed by atoms with E-state index in [4.69, 9.17) is 4.74 Å². The predicted molar refractivity (Wildman–Crippen MR) is 124 cm³/mol. The molecule has 0 unspecified atom stereocenters. The van der Waals surface area contributed by atoms with Crippen molar-refractivity contribution in [3.63, 3.8) is 0 Å². The number of hydrogen-bond donors (Lipinski definition) is 1. The minimum absolute atomic E-state index is 0.0573. The molecule has 168 valence electrons. The van der Waals surface area contributed by atoms with E-state index in [1.54, 1.807) is 6.07 Å². The van der Waals surface area contributed by atoms with Crippen LogP contribution in [0, 0.1) is 17.1 Å². The lowest BCUT2D eigenvalue weighted by Crippen LogP contribution is -2.36. The van der Waals surface area contributed by atoms with Crippen molar-refractivity contribution in [3.05, 3.63) is 54.1 Å². The van der Waals surface area contributed by atoms with Crippen LogP contribution in [0.4, 0.5) is 27.4 Å². The van der Waals surface area contributed by atoms with E-state index in [0.717, 1.165) is 75.5 Å². The Morgan fingerprint density at radius 2 is 1.70 bits per heavy atom. The van der Waals surface area contributed by atoms with Crippen LogP contribution in [-0.2, 0) is 4.74 Å². The number of anilines is 4. The molecule has 0 radical (unpaired) electrons. The molecule has 0 bridgehead atoms. The number of ether oxygens (including phenoxy) is 1. The summed E-state index contributed by atoms with van der Waals surface area (Å²) >= 11 is 0. The van der Waals surface area contributed by atoms with E-state index in [0.29, 0.717) is 5.69 Å². The van der Waals surface area contributed by atoms with Crippen LogP contribution in [0.3, 0.4) is 0 Å². The summed E-state index contributed by atoms with van der Waals surface area (Å²) in [6, 6.07) is 13.6. The Labute approximate surface area is 191 Å². The molecule has 1 N–H and O–H groups in total. The molecule has 0 spiro atoms. The average Bonchev–Trinajstić information content (AvgIpc) is 3.41. The average molecular weight is 446 g/mol. The first-order valence-electron chi connectivity index (χ1n) is 11.1. The molecule has 0 amide bonds. The Bertz CT molecular complexity index is 1170. The molecule has 2 fully saturated rings. The number of nitrogens with zero attached hydrogens (tertiary/aromatic N) is 6. The molecule has 2 aliphatic rings. The van der Waals surface area contributed by atoms with E-state index in [9.17, 15) is 9.65 Å². The third-order valence-electron chi connectivity index (χ3n) is 5.91. The topological polar surface area (TPSA) is 90.2 Å². The summed E-state index contributed by atoms with van der Waals surface area (Å²) in [6.07, 6.45) is 3.31. The van der Waals surface area contributed by atoms with Gasteiger partial charge in [-0.25, -0.2) is 19.3 Å². The molecule has 2 aromatic heterocycles. The first-order chi connectivity index (χ1) is 16.2. The summed E-state index contributed by atoms with van der Waals surface area (Å²) in [7, 11) is 0. The van der Waals surface area contributed by atoms with Crippen molar-refractivity contribution >= 4 is 23.0 Å². The number of aromatic nitrogens is 3. The Kier molecular flexibility index (Phi) is 6.00. The third-order valence-corrected chi connectivity index (χ3v) is 5.91. The number of rotatable bonds is 5. The zero-order valence-electron chi connectivity index (χ0n) is 18.2. The molecule has 2 aliphatic heterocycles. The number of pyridine rings is 1. The van der Waals surface area contributed by atoms with Crippen LogP contribution in [0.5, 0.6) is 0 Å². The number of halogens is 1. The molecular formula is C24H24FN7O. The maximum absolute atomic E-state index is 14.6. The molecule has 9 heteroatoms. The first kappa shape index (κ1) is 21.1. The number of nitriles is 1. The molecule has 0 atom stereocenters. The third kappa shape index (κ3) is 4.56. The monoisotopic (exact) mass is 445 g/mol. The van der Waals surface area contributed by atoms with Gasteiger partial charge in [0.25, 0.3) is 0 Å². The van der Waals surface area contributed by atoms with Gasteiger partial charge in [0.1, 0.15) is 11.8 Å². The van der Waals surface area contributed by atoms with Gasteiger partial charge >= 0.3 is 0 Å². The summed E-state index contributed by atoms with van der Waals surface area (Å²) in [6.45, 7) is 4.99. The van der Waals surface area contributed by atoms with Gasteiger partial charge in [-0.2, -0.15) is 5.26 Å². The minimum atomic E-state index is -0.589. The van der Waals surface area contributed by atoms with Gasteiger partial charge in [0.15, 0.2) is 11.5 Å². The number of morpholine rings is 1. The molecule has 3 aromatic rings. The number of nitrogens with one attached hydrogen (secondary N) is 1. The zero-order chi connectivity index (χ0) is 22.6. The summed E-state index contributed by atoms with van der Waals surface area (Å²) in [5, 5.41) is 12.7. The van der Waals surface area contributed by atoms with Gasteiger partial charge in [0.05, 0.1) is 30.8 Å². The zero-order valence-corrected chi connectivity index (χ0v) is 18.2. The molecule has 0 saturated carbocycles. The van der Waals surface area contributed by atoms with Crippen molar-refractivity contribution in [2.75, 3.05) is 54.5 Å². The van der Waals surface area contributed by atoms with E-state index < -0.39 is 5.82 Å². The van der Waals surface area contributed by atoms with E-state index in [2.05, 4.69) is 36.1 Å². The van der Waals surface area contributed by atoms with Gasteiger partial charge in [-0.1, -0.05) is 0 Å². The highest BCUT2D eigenvalue weighted by atomic mass is 19.1. The van der Waals surface area contributed by atoms with Crippen LogP contribution < -0.4 is 15.1 Å². The van der Waals surface area contributed by atoms with Crippen LogP contribution in [0.2, 0.25) is 0 Å². The molecule has 8 nitrogen and oxygen atoms in total. The largest absolute Gasteiger partial charge is 0.378 e. The van der Waals surface area contributed by atoms with E-state index >= 15 is 0 Å². The maximum Gasteiger partial charge on any atom is 0.227 e. The van der Waals surface area contributed by atoms with Gasteiger partial charge in [-0.15, -0.1) is 0 Å². The van der Waals surface area contributed by atoms with Crippen LogP contribution in [0.15, 0.2) is 42.6 Å². The van der Waals surface area contributed by atoms with Crippen molar-refractivity contribution in [3.8, 4) is 17.5 Å². The van der Waals surface area contributed by atoms with Gasteiger partial charge in [-0.05, 0) is 49.2 Å². The summed E-state index contributed by atoms with van der Waals surface area (Å²) in [5.74, 6) is -0.331. The molecule has 5 rings (SSSR count). The van der Waals surface area contributed by atoms with Gasteiger partial charge in [0.2, 0.25) is 5.95 Å². The summed E-state index contributed by atoms with van der Waals surface area (Å²) < 4.78 is 20.0. The van der Waals surface area contributed by atoms with Crippen molar-refractivity contribution < 1.29 is 9.13 Å². The SMILES string of the molecule is N#Cc1nc(-c2nc(Nc3ccc(N4CCOCC4)cc3)ncc2F)ccc1N1CCCC1. The predicted octanol–water partition coefficient (Wildman–Crippen LogP) is 3.73. The second-order valence-corrected chi connectivity index (χ2v) is 8.03. The van der Waals surface area contributed by atoms with Crippen molar-refractivity contribution in [2.24, 2.45) is 0 Å². The van der Waals surface area contributed by atoms with Gasteiger partial charge in [0, 0.05) is 37.6 Å².